The fourth-order valence-corrected chi connectivity index (χ4v) is 2.96. The Balaban J connectivity index is 2.18. The summed E-state index contributed by atoms with van der Waals surface area (Å²) in [6.07, 6.45) is 0. The van der Waals surface area contributed by atoms with E-state index in [0.717, 1.165) is 5.56 Å². The molecule has 4 nitrogen and oxygen atoms in total. The minimum Gasteiger partial charge on any atom is -0.507 e. The number of phenolic OH excluding ortho intramolecular Hbond substituents is 2. The summed E-state index contributed by atoms with van der Waals surface area (Å²) in [5.74, 6) is 1.06. The van der Waals surface area contributed by atoms with Crippen molar-refractivity contribution in [1.29, 1.82) is 0 Å². The van der Waals surface area contributed by atoms with E-state index in [1.807, 2.05) is 42.5 Å². The molecule has 0 aliphatic heterocycles. The molecule has 0 aliphatic carbocycles. The van der Waals surface area contributed by atoms with Crippen molar-refractivity contribution in [2.24, 2.45) is 0 Å². The molecular weight excluding hydrogens is 316 g/mol. The third-order valence-electron chi connectivity index (χ3n) is 4.23. The number of phenols is 2. The van der Waals surface area contributed by atoms with E-state index in [1.54, 1.807) is 38.5 Å². The van der Waals surface area contributed by atoms with E-state index >= 15 is 0 Å². The average Bonchev–Trinajstić information content (AvgIpc) is 2.65. The summed E-state index contributed by atoms with van der Waals surface area (Å²) in [7, 11) is 3.11. The van der Waals surface area contributed by atoms with Gasteiger partial charge in [0.25, 0.3) is 0 Å². The summed E-state index contributed by atoms with van der Waals surface area (Å²) in [6.45, 7) is 0. The van der Waals surface area contributed by atoms with E-state index in [2.05, 4.69) is 0 Å². The van der Waals surface area contributed by atoms with Crippen LogP contribution in [0.2, 0.25) is 0 Å². The van der Waals surface area contributed by atoms with Crippen molar-refractivity contribution in [2.75, 3.05) is 14.2 Å². The van der Waals surface area contributed by atoms with Gasteiger partial charge in [-0.2, -0.15) is 0 Å². The lowest BCUT2D eigenvalue weighted by Gasteiger charge is -2.21. The summed E-state index contributed by atoms with van der Waals surface area (Å²) in [5, 5.41) is 21.0. The minimum absolute atomic E-state index is 0.114. The zero-order valence-electron chi connectivity index (χ0n) is 14.1. The number of rotatable bonds is 5. The predicted octanol–water partition coefficient (Wildman–Crippen LogP) is 4.30. The molecule has 4 heteroatoms. The molecule has 3 aromatic carbocycles. The summed E-state index contributed by atoms with van der Waals surface area (Å²) in [4.78, 5) is 0. The highest BCUT2D eigenvalue weighted by Crippen LogP contribution is 2.42. The third-order valence-corrected chi connectivity index (χ3v) is 4.23. The van der Waals surface area contributed by atoms with Gasteiger partial charge in [-0.1, -0.05) is 42.5 Å². The molecule has 0 aliphatic rings. The van der Waals surface area contributed by atoms with E-state index in [-0.39, 0.29) is 17.4 Å². The lowest BCUT2D eigenvalue weighted by atomic mass is 9.84. The van der Waals surface area contributed by atoms with Crippen LogP contribution in [0.25, 0.3) is 0 Å². The summed E-state index contributed by atoms with van der Waals surface area (Å²) >= 11 is 0. The molecule has 0 bridgehead atoms. The normalized spacial score (nSPS) is 10.7. The first-order chi connectivity index (χ1) is 12.1. The van der Waals surface area contributed by atoms with Crippen LogP contribution >= 0.6 is 0 Å². The lowest BCUT2D eigenvalue weighted by molar-refractivity contribution is 0.404. The molecule has 0 saturated carbocycles. The molecular formula is C21H20O4. The second-order valence-electron chi connectivity index (χ2n) is 5.69. The second-order valence-corrected chi connectivity index (χ2v) is 5.69. The van der Waals surface area contributed by atoms with Gasteiger partial charge in [0.15, 0.2) is 0 Å². The molecule has 0 spiro atoms. The SMILES string of the molecule is COc1ccc(C(c2ccccc2)c2ccc(OC)cc2O)c(O)c1. The van der Waals surface area contributed by atoms with Gasteiger partial charge < -0.3 is 19.7 Å². The maximum atomic E-state index is 10.5. The topological polar surface area (TPSA) is 58.9 Å². The summed E-state index contributed by atoms with van der Waals surface area (Å²) < 4.78 is 10.3. The van der Waals surface area contributed by atoms with Crippen LogP contribution in [0, 0.1) is 0 Å². The Labute approximate surface area is 146 Å². The average molecular weight is 336 g/mol. The first kappa shape index (κ1) is 16.7. The molecule has 3 aromatic rings. The van der Waals surface area contributed by atoms with E-state index in [1.165, 1.54) is 0 Å². The Morgan fingerprint density at radius 2 is 1.16 bits per heavy atom. The van der Waals surface area contributed by atoms with E-state index in [4.69, 9.17) is 9.47 Å². The highest BCUT2D eigenvalue weighted by Gasteiger charge is 2.23. The standard InChI is InChI=1S/C21H20O4/c1-24-15-8-10-17(19(22)12-15)21(14-6-4-3-5-7-14)18-11-9-16(25-2)13-20(18)23/h3-13,21-23H,1-2H3. The Morgan fingerprint density at radius 3 is 1.56 bits per heavy atom. The molecule has 0 radical (unpaired) electrons. The van der Waals surface area contributed by atoms with Crippen LogP contribution < -0.4 is 9.47 Å². The van der Waals surface area contributed by atoms with Crippen molar-refractivity contribution < 1.29 is 19.7 Å². The van der Waals surface area contributed by atoms with Gasteiger partial charge in [0.1, 0.15) is 23.0 Å². The predicted molar refractivity (Wildman–Crippen MR) is 96.7 cm³/mol. The molecule has 0 atom stereocenters. The highest BCUT2D eigenvalue weighted by molar-refractivity contribution is 5.55. The second kappa shape index (κ2) is 7.18. The quantitative estimate of drug-likeness (QED) is 0.682. The van der Waals surface area contributed by atoms with Crippen molar-refractivity contribution in [3.63, 3.8) is 0 Å². The Bertz CT molecular complexity index is 806. The Kier molecular flexibility index (Phi) is 4.80. The molecule has 25 heavy (non-hydrogen) atoms. The fraction of sp³-hybridized carbons (Fsp3) is 0.143. The van der Waals surface area contributed by atoms with Crippen molar-refractivity contribution in [2.45, 2.75) is 5.92 Å². The van der Waals surface area contributed by atoms with Gasteiger partial charge in [0.05, 0.1) is 14.2 Å². The molecule has 0 saturated heterocycles. The number of methoxy groups -OCH3 is 2. The van der Waals surface area contributed by atoms with Crippen molar-refractivity contribution in [1.82, 2.24) is 0 Å². The molecule has 2 N–H and O–H groups in total. The first-order valence-corrected chi connectivity index (χ1v) is 7.92. The Morgan fingerprint density at radius 1 is 0.680 bits per heavy atom. The van der Waals surface area contributed by atoms with Gasteiger partial charge in [-0.25, -0.2) is 0 Å². The number of benzene rings is 3. The fourth-order valence-electron chi connectivity index (χ4n) is 2.96. The van der Waals surface area contributed by atoms with Gasteiger partial charge in [0.2, 0.25) is 0 Å². The number of hydrogen-bond donors (Lipinski definition) is 2. The van der Waals surface area contributed by atoms with Crippen molar-refractivity contribution >= 4 is 0 Å². The van der Waals surface area contributed by atoms with Crippen LogP contribution in [0.5, 0.6) is 23.0 Å². The van der Waals surface area contributed by atoms with E-state index in [9.17, 15) is 10.2 Å². The monoisotopic (exact) mass is 336 g/mol. The van der Waals surface area contributed by atoms with Gasteiger partial charge in [-0.05, 0) is 17.7 Å². The van der Waals surface area contributed by atoms with Crippen molar-refractivity contribution in [3.8, 4) is 23.0 Å². The van der Waals surface area contributed by atoms with Gasteiger partial charge in [-0.3, -0.25) is 0 Å². The number of aromatic hydroxyl groups is 2. The summed E-state index contributed by atoms with van der Waals surface area (Å²) in [5.41, 5.74) is 2.34. The third kappa shape index (κ3) is 3.38. The molecule has 0 unspecified atom stereocenters. The number of hydrogen-bond acceptors (Lipinski definition) is 4. The smallest absolute Gasteiger partial charge is 0.123 e. The number of ether oxygens (including phenoxy) is 2. The first-order valence-electron chi connectivity index (χ1n) is 7.92. The zero-order chi connectivity index (χ0) is 17.8. The minimum atomic E-state index is -0.321. The molecule has 0 heterocycles. The van der Waals surface area contributed by atoms with Gasteiger partial charge in [-0.15, -0.1) is 0 Å². The van der Waals surface area contributed by atoms with Gasteiger partial charge in [0, 0.05) is 29.2 Å². The largest absolute Gasteiger partial charge is 0.507 e. The molecule has 0 aromatic heterocycles. The zero-order valence-corrected chi connectivity index (χ0v) is 14.1. The van der Waals surface area contributed by atoms with Crippen molar-refractivity contribution in [3.05, 3.63) is 83.4 Å². The van der Waals surface area contributed by atoms with Crippen LogP contribution in [-0.2, 0) is 0 Å². The maximum Gasteiger partial charge on any atom is 0.123 e. The van der Waals surface area contributed by atoms with Crippen LogP contribution in [-0.4, -0.2) is 24.4 Å². The Hall–Kier alpha value is -3.14. The lowest BCUT2D eigenvalue weighted by Crippen LogP contribution is -2.04. The molecule has 0 amide bonds. The molecule has 128 valence electrons. The van der Waals surface area contributed by atoms with Crippen LogP contribution in [0.4, 0.5) is 0 Å². The highest BCUT2D eigenvalue weighted by atomic mass is 16.5. The van der Waals surface area contributed by atoms with Crippen LogP contribution in [0.15, 0.2) is 66.7 Å². The summed E-state index contributed by atoms with van der Waals surface area (Å²) in [6, 6.07) is 20.1. The van der Waals surface area contributed by atoms with E-state index in [0.29, 0.717) is 22.6 Å². The maximum absolute atomic E-state index is 10.5. The van der Waals surface area contributed by atoms with Crippen LogP contribution in [0.3, 0.4) is 0 Å². The van der Waals surface area contributed by atoms with Gasteiger partial charge >= 0.3 is 0 Å². The molecule has 3 rings (SSSR count). The van der Waals surface area contributed by atoms with E-state index < -0.39 is 0 Å². The van der Waals surface area contributed by atoms with Crippen LogP contribution in [0.1, 0.15) is 22.6 Å². The molecule has 0 fully saturated rings.